The van der Waals surface area contributed by atoms with Crippen LogP contribution in [0.15, 0.2) is 0 Å². The largest absolute Gasteiger partial charge is 0.337 e. The number of likely N-dealkylation sites (tertiary alicyclic amines) is 1. The Bertz CT molecular complexity index is 215. The zero-order chi connectivity index (χ0) is 12.5. The summed E-state index contributed by atoms with van der Waals surface area (Å²) in [5.74, 6) is 0. The zero-order valence-corrected chi connectivity index (χ0v) is 11.4. The van der Waals surface area contributed by atoms with E-state index in [1.54, 1.807) is 0 Å². The van der Waals surface area contributed by atoms with Gasteiger partial charge in [-0.1, -0.05) is 13.8 Å². The van der Waals surface area contributed by atoms with Gasteiger partial charge in [0.2, 0.25) is 0 Å². The van der Waals surface area contributed by atoms with Crippen LogP contribution in [0.5, 0.6) is 0 Å². The van der Waals surface area contributed by atoms with Crippen LogP contribution in [0.4, 0.5) is 4.79 Å². The average molecular weight is 241 g/mol. The van der Waals surface area contributed by atoms with Gasteiger partial charge in [0.25, 0.3) is 0 Å². The highest BCUT2D eigenvalue weighted by Gasteiger charge is 2.15. The molecule has 4 heteroatoms. The quantitative estimate of drug-likeness (QED) is 0.771. The predicted molar refractivity (Wildman–Crippen MR) is 71.2 cm³/mol. The van der Waals surface area contributed by atoms with Crippen LogP contribution in [-0.4, -0.2) is 55.1 Å². The molecule has 0 aromatic rings. The van der Waals surface area contributed by atoms with Gasteiger partial charge in [0.1, 0.15) is 0 Å². The first kappa shape index (κ1) is 14.3. The molecular formula is C13H27N3O. The highest BCUT2D eigenvalue weighted by Crippen LogP contribution is 2.08. The van der Waals surface area contributed by atoms with E-state index in [0.717, 1.165) is 52.1 Å². The molecule has 0 aromatic carbocycles. The molecule has 0 aromatic heterocycles. The Labute approximate surface area is 105 Å². The van der Waals surface area contributed by atoms with Crippen LogP contribution < -0.4 is 5.32 Å². The summed E-state index contributed by atoms with van der Waals surface area (Å²) >= 11 is 0. The first-order chi connectivity index (χ1) is 8.27. The molecule has 1 aliphatic rings. The van der Waals surface area contributed by atoms with Crippen molar-refractivity contribution < 1.29 is 4.79 Å². The number of nitrogens with one attached hydrogen (secondary N) is 1. The van der Waals surface area contributed by atoms with Crippen LogP contribution in [0, 0.1) is 0 Å². The fraction of sp³-hybridized carbons (Fsp3) is 0.923. The number of carbonyl (C=O) groups is 1. The van der Waals surface area contributed by atoms with E-state index >= 15 is 0 Å². The van der Waals surface area contributed by atoms with Crippen LogP contribution in [0.2, 0.25) is 0 Å². The smallest absolute Gasteiger partial charge is 0.317 e. The van der Waals surface area contributed by atoms with Crippen LogP contribution in [0.25, 0.3) is 0 Å². The van der Waals surface area contributed by atoms with Gasteiger partial charge in [-0.2, -0.15) is 0 Å². The molecule has 0 unspecified atom stereocenters. The number of nitrogens with zero attached hydrogens (tertiary/aromatic N) is 2. The van der Waals surface area contributed by atoms with E-state index in [-0.39, 0.29) is 6.03 Å². The van der Waals surface area contributed by atoms with Gasteiger partial charge in [-0.25, -0.2) is 4.79 Å². The third-order valence-corrected chi connectivity index (χ3v) is 3.33. The maximum atomic E-state index is 11.8. The summed E-state index contributed by atoms with van der Waals surface area (Å²) in [6.07, 6.45) is 4.76. The second-order valence-corrected chi connectivity index (χ2v) is 4.71. The highest BCUT2D eigenvalue weighted by atomic mass is 16.2. The van der Waals surface area contributed by atoms with Crippen molar-refractivity contribution >= 4 is 6.03 Å². The lowest BCUT2D eigenvalue weighted by Crippen LogP contribution is -2.45. The van der Waals surface area contributed by atoms with Gasteiger partial charge in [0.15, 0.2) is 0 Å². The molecule has 0 spiro atoms. The number of likely N-dealkylation sites (N-methyl/N-ethyl adjacent to an activating group) is 1. The normalized spacial score (nSPS) is 16.3. The molecule has 0 radical (unpaired) electrons. The van der Waals surface area contributed by atoms with Crippen molar-refractivity contribution in [2.24, 2.45) is 0 Å². The molecule has 2 amide bonds. The molecule has 1 heterocycles. The summed E-state index contributed by atoms with van der Waals surface area (Å²) < 4.78 is 0. The Hall–Kier alpha value is -0.770. The fourth-order valence-corrected chi connectivity index (χ4v) is 2.27. The van der Waals surface area contributed by atoms with Crippen LogP contribution >= 0.6 is 0 Å². The summed E-state index contributed by atoms with van der Waals surface area (Å²) in [5.41, 5.74) is 0. The first-order valence-corrected chi connectivity index (χ1v) is 7.03. The van der Waals surface area contributed by atoms with Gasteiger partial charge in [0, 0.05) is 26.2 Å². The van der Waals surface area contributed by atoms with E-state index in [9.17, 15) is 4.79 Å². The van der Waals surface area contributed by atoms with E-state index in [1.807, 2.05) is 4.90 Å². The van der Waals surface area contributed by atoms with Gasteiger partial charge in [-0.3, -0.25) is 0 Å². The van der Waals surface area contributed by atoms with Gasteiger partial charge in [0.05, 0.1) is 0 Å². The maximum absolute atomic E-state index is 11.8. The van der Waals surface area contributed by atoms with E-state index in [0.29, 0.717) is 0 Å². The number of piperidine rings is 1. The monoisotopic (exact) mass is 241 g/mol. The van der Waals surface area contributed by atoms with Crippen molar-refractivity contribution in [2.45, 2.75) is 39.5 Å². The van der Waals surface area contributed by atoms with Gasteiger partial charge < -0.3 is 15.1 Å². The summed E-state index contributed by atoms with van der Waals surface area (Å²) in [6, 6.07) is 0.122. The number of hydrogen-bond acceptors (Lipinski definition) is 2. The standard InChI is InChI=1S/C13H27N3O/c1-3-9-15(4-2)12-8-14-13(17)16-10-6-5-7-11-16/h3-12H2,1-2H3,(H,14,17). The molecule has 0 atom stereocenters. The van der Waals surface area contributed by atoms with Gasteiger partial charge in [-0.05, 0) is 38.8 Å². The number of urea groups is 1. The first-order valence-electron chi connectivity index (χ1n) is 7.03. The lowest BCUT2D eigenvalue weighted by atomic mass is 10.1. The van der Waals surface area contributed by atoms with E-state index in [4.69, 9.17) is 0 Å². The number of carbonyl (C=O) groups excluding carboxylic acids is 1. The second-order valence-electron chi connectivity index (χ2n) is 4.71. The predicted octanol–water partition coefficient (Wildman–Crippen LogP) is 1.91. The molecule has 0 bridgehead atoms. The van der Waals surface area contributed by atoms with Crippen molar-refractivity contribution in [2.75, 3.05) is 39.3 Å². The summed E-state index contributed by atoms with van der Waals surface area (Å²) in [4.78, 5) is 16.1. The lowest BCUT2D eigenvalue weighted by Gasteiger charge is -2.27. The van der Waals surface area contributed by atoms with Crippen molar-refractivity contribution in [3.05, 3.63) is 0 Å². The lowest BCUT2D eigenvalue weighted by molar-refractivity contribution is 0.184. The number of hydrogen-bond donors (Lipinski definition) is 1. The topological polar surface area (TPSA) is 35.6 Å². The third-order valence-electron chi connectivity index (χ3n) is 3.33. The van der Waals surface area contributed by atoms with Gasteiger partial charge >= 0.3 is 6.03 Å². The van der Waals surface area contributed by atoms with Crippen molar-refractivity contribution in [3.8, 4) is 0 Å². The molecule has 1 N–H and O–H groups in total. The minimum atomic E-state index is 0.122. The summed E-state index contributed by atoms with van der Waals surface area (Å²) in [7, 11) is 0. The van der Waals surface area contributed by atoms with Crippen molar-refractivity contribution in [3.63, 3.8) is 0 Å². The fourth-order valence-electron chi connectivity index (χ4n) is 2.27. The number of amides is 2. The third kappa shape index (κ3) is 5.39. The van der Waals surface area contributed by atoms with E-state index < -0.39 is 0 Å². The molecular weight excluding hydrogens is 214 g/mol. The second kappa shape index (κ2) is 8.34. The highest BCUT2D eigenvalue weighted by molar-refractivity contribution is 5.74. The molecule has 1 fully saturated rings. The van der Waals surface area contributed by atoms with Crippen molar-refractivity contribution in [1.82, 2.24) is 15.1 Å². The Kier molecular flexibility index (Phi) is 7.01. The molecule has 0 aliphatic carbocycles. The summed E-state index contributed by atoms with van der Waals surface area (Å²) in [5, 5.41) is 3.02. The molecule has 0 saturated carbocycles. The molecule has 1 aliphatic heterocycles. The van der Waals surface area contributed by atoms with E-state index in [2.05, 4.69) is 24.1 Å². The minimum Gasteiger partial charge on any atom is -0.337 e. The van der Waals surface area contributed by atoms with E-state index in [1.165, 1.54) is 12.8 Å². The van der Waals surface area contributed by atoms with Crippen LogP contribution in [0.1, 0.15) is 39.5 Å². The minimum absolute atomic E-state index is 0.122. The van der Waals surface area contributed by atoms with Crippen molar-refractivity contribution in [1.29, 1.82) is 0 Å². The molecule has 1 saturated heterocycles. The molecule has 100 valence electrons. The van der Waals surface area contributed by atoms with Gasteiger partial charge in [-0.15, -0.1) is 0 Å². The Morgan fingerprint density at radius 1 is 1.18 bits per heavy atom. The maximum Gasteiger partial charge on any atom is 0.317 e. The molecule has 1 rings (SSSR count). The average Bonchev–Trinajstić information content (AvgIpc) is 2.38. The Balaban J connectivity index is 2.14. The molecule has 4 nitrogen and oxygen atoms in total. The zero-order valence-electron chi connectivity index (χ0n) is 11.4. The Morgan fingerprint density at radius 3 is 2.47 bits per heavy atom. The van der Waals surface area contributed by atoms with Crippen LogP contribution in [0.3, 0.4) is 0 Å². The molecule has 17 heavy (non-hydrogen) atoms. The Morgan fingerprint density at radius 2 is 1.88 bits per heavy atom. The number of rotatable bonds is 6. The SMILES string of the molecule is CCCN(CC)CCNC(=O)N1CCCCC1. The summed E-state index contributed by atoms with van der Waals surface area (Å²) in [6.45, 7) is 10.1. The van der Waals surface area contributed by atoms with Crippen LogP contribution in [-0.2, 0) is 0 Å².